The SMILES string of the molecule is CC1CCCN(c2nc(N)cn3ccnc23)C1C. The third-order valence-electron chi connectivity index (χ3n) is 4.02. The van der Waals surface area contributed by atoms with E-state index in [0.29, 0.717) is 17.8 Å². The molecule has 1 fully saturated rings. The van der Waals surface area contributed by atoms with Crippen LogP contribution in [0.15, 0.2) is 18.6 Å². The summed E-state index contributed by atoms with van der Waals surface area (Å²) in [4.78, 5) is 11.2. The maximum absolute atomic E-state index is 5.88. The van der Waals surface area contributed by atoms with E-state index in [1.165, 1.54) is 12.8 Å². The van der Waals surface area contributed by atoms with Crippen LogP contribution in [-0.2, 0) is 0 Å². The quantitative estimate of drug-likeness (QED) is 0.834. The van der Waals surface area contributed by atoms with Crippen molar-refractivity contribution in [2.75, 3.05) is 17.2 Å². The van der Waals surface area contributed by atoms with Crippen molar-refractivity contribution in [3.05, 3.63) is 18.6 Å². The summed E-state index contributed by atoms with van der Waals surface area (Å²) in [5, 5.41) is 0. The first-order chi connectivity index (χ1) is 8.66. The van der Waals surface area contributed by atoms with Gasteiger partial charge in [-0.1, -0.05) is 6.92 Å². The molecule has 0 bridgehead atoms. The number of piperidine rings is 1. The molecule has 3 heterocycles. The number of aromatic nitrogens is 3. The van der Waals surface area contributed by atoms with E-state index in [1.807, 2.05) is 16.8 Å². The van der Waals surface area contributed by atoms with Crippen LogP contribution in [0.4, 0.5) is 11.6 Å². The molecule has 0 aromatic carbocycles. The lowest BCUT2D eigenvalue weighted by molar-refractivity contribution is 0.362. The zero-order chi connectivity index (χ0) is 12.7. The molecule has 0 aliphatic carbocycles. The molecule has 1 saturated heterocycles. The van der Waals surface area contributed by atoms with Crippen LogP contribution >= 0.6 is 0 Å². The van der Waals surface area contributed by atoms with Gasteiger partial charge in [-0.05, 0) is 25.7 Å². The summed E-state index contributed by atoms with van der Waals surface area (Å²) in [5.74, 6) is 2.14. The van der Waals surface area contributed by atoms with Gasteiger partial charge in [-0.25, -0.2) is 9.97 Å². The lowest BCUT2D eigenvalue weighted by Crippen LogP contribution is -2.43. The number of hydrogen-bond donors (Lipinski definition) is 1. The first-order valence-electron chi connectivity index (χ1n) is 6.52. The van der Waals surface area contributed by atoms with Crippen LogP contribution in [-0.4, -0.2) is 27.0 Å². The van der Waals surface area contributed by atoms with Crippen LogP contribution in [0.1, 0.15) is 26.7 Å². The molecule has 2 aromatic rings. The van der Waals surface area contributed by atoms with Crippen LogP contribution < -0.4 is 10.6 Å². The fourth-order valence-electron chi connectivity index (χ4n) is 2.76. The predicted octanol–water partition coefficient (Wildman–Crippen LogP) is 1.94. The minimum absolute atomic E-state index is 0.480. The molecule has 0 amide bonds. The Bertz CT molecular complexity index is 562. The van der Waals surface area contributed by atoms with Crippen LogP contribution in [0, 0.1) is 5.92 Å². The number of hydrogen-bond acceptors (Lipinski definition) is 4. The fourth-order valence-corrected chi connectivity index (χ4v) is 2.76. The number of fused-ring (bicyclic) bond motifs is 1. The molecule has 5 heteroatoms. The first-order valence-corrected chi connectivity index (χ1v) is 6.52. The van der Waals surface area contributed by atoms with E-state index in [0.717, 1.165) is 18.0 Å². The van der Waals surface area contributed by atoms with Crippen LogP contribution in [0.25, 0.3) is 5.65 Å². The molecule has 5 nitrogen and oxygen atoms in total. The van der Waals surface area contributed by atoms with Gasteiger partial charge in [0.05, 0.1) is 6.20 Å². The Kier molecular flexibility index (Phi) is 2.61. The van der Waals surface area contributed by atoms with Crippen molar-refractivity contribution in [2.24, 2.45) is 5.92 Å². The summed E-state index contributed by atoms with van der Waals surface area (Å²) in [5.41, 5.74) is 6.78. The molecule has 0 saturated carbocycles. The van der Waals surface area contributed by atoms with Crippen molar-refractivity contribution in [1.29, 1.82) is 0 Å². The van der Waals surface area contributed by atoms with Crippen LogP contribution in [0.2, 0.25) is 0 Å². The molecular formula is C13H19N5. The van der Waals surface area contributed by atoms with Gasteiger partial charge in [-0.15, -0.1) is 0 Å². The molecule has 2 atom stereocenters. The van der Waals surface area contributed by atoms with Crippen molar-refractivity contribution < 1.29 is 0 Å². The highest BCUT2D eigenvalue weighted by molar-refractivity contribution is 5.67. The van der Waals surface area contributed by atoms with E-state index < -0.39 is 0 Å². The first kappa shape index (κ1) is 11.3. The number of nitrogens with zero attached hydrogens (tertiary/aromatic N) is 4. The Balaban J connectivity index is 2.10. The minimum atomic E-state index is 0.480. The lowest BCUT2D eigenvalue weighted by atomic mass is 9.92. The molecular weight excluding hydrogens is 226 g/mol. The number of nitrogen functional groups attached to an aromatic ring is 1. The number of rotatable bonds is 1. The molecule has 2 unspecified atom stereocenters. The monoisotopic (exact) mass is 245 g/mol. The fraction of sp³-hybridized carbons (Fsp3) is 0.538. The molecule has 2 aromatic heterocycles. The van der Waals surface area contributed by atoms with E-state index >= 15 is 0 Å². The van der Waals surface area contributed by atoms with E-state index in [9.17, 15) is 0 Å². The van der Waals surface area contributed by atoms with Gasteiger partial charge in [0.25, 0.3) is 0 Å². The molecule has 3 rings (SSSR count). The van der Waals surface area contributed by atoms with Crippen molar-refractivity contribution in [2.45, 2.75) is 32.7 Å². The van der Waals surface area contributed by atoms with Gasteiger partial charge in [-0.2, -0.15) is 0 Å². The average Bonchev–Trinajstić information content (AvgIpc) is 2.79. The number of imidazole rings is 1. The van der Waals surface area contributed by atoms with Crippen molar-refractivity contribution in [3.63, 3.8) is 0 Å². The zero-order valence-corrected chi connectivity index (χ0v) is 10.9. The molecule has 18 heavy (non-hydrogen) atoms. The summed E-state index contributed by atoms with van der Waals surface area (Å²) in [6.07, 6.45) is 8.00. The van der Waals surface area contributed by atoms with Crippen molar-refractivity contribution in [1.82, 2.24) is 14.4 Å². The second kappa shape index (κ2) is 4.15. The normalized spacial score (nSPS) is 24.7. The third-order valence-corrected chi connectivity index (χ3v) is 4.02. The summed E-state index contributed by atoms with van der Waals surface area (Å²) >= 11 is 0. The summed E-state index contributed by atoms with van der Waals surface area (Å²) in [7, 11) is 0. The van der Waals surface area contributed by atoms with E-state index in [1.54, 1.807) is 6.20 Å². The molecule has 1 aliphatic heterocycles. The highest BCUT2D eigenvalue weighted by Gasteiger charge is 2.27. The molecule has 0 radical (unpaired) electrons. The Labute approximate surface area is 107 Å². The maximum Gasteiger partial charge on any atom is 0.180 e. The van der Waals surface area contributed by atoms with Gasteiger partial charge >= 0.3 is 0 Å². The summed E-state index contributed by atoms with van der Waals surface area (Å²) in [6.45, 7) is 5.59. The maximum atomic E-state index is 5.88. The second-order valence-electron chi connectivity index (χ2n) is 5.20. The molecule has 96 valence electrons. The third kappa shape index (κ3) is 1.70. The Morgan fingerprint density at radius 2 is 2.22 bits per heavy atom. The molecule has 0 spiro atoms. The standard InChI is InChI=1S/C13H19N5/c1-9-4-3-6-18(10(9)2)13-12-15-5-7-17(12)8-11(14)16-13/h5,7-10H,3-4,6,14H2,1-2H3. The van der Waals surface area contributed by atoms with E-state index in [2.05, 4.69) is 28.7 Å². The topological polar surface area (TPSA) is 59.5 Å². The second-order valence-corrected chi connectivity index (χ2v) is 5.20. The van der Waals surface area contributed by atoms with Crippen molar-refractivity contribution >= 4 is 17.3 Å². The highest BCUT2D eigenvalue weighted by Crippen LogP contribution is 2.29. The van der Waals surface area contributed by atoms with Gasteiger partial charge in [0.15, 0.2) is 11.5 Å². The van der Waals surface area contributed by atoms with Gasteiger partial charge in [-0.3, -0.25) is 0 Å². The smallest absolute Gasteiger partial charge is 0.180 e. The van der Waals surface area contributed by atoms with E-state index in [-0.39, 0.29) is 0 Å². The largest absolute Gasteiger partial charge is 0.382 e. The van der Waals surface area contributed by atoms with Gasteiger partial charge in [0.1, 0.15) is 5.82 Å². The molecule has 2 N–H and O–H groups in total. The van der Waals surface area contributed by atoms with Crippen LogP contribution in [0.3, 0.4) is 0 Å². The summed E-state index contributed by atoms with van der Waals surface area (Å²) in [6, 6.07) is 0.480. The Hall–Kier alpha value is -1.78. The van der Waals surface area contributed by atoms with Gasteiger partial charge in [0, 0.05) is 25.0 Å². The highest BCUT2D eigenvalue weighted by atomic mass is 15.3. The number of anilines is 2. The van der Waals surface area contributed by atoms with Crippen LogP contribution in [0.5, 0.6) is 0 Å². The summed E-state index contributed by atoms with van der Waals surface area (Å²) < 4.78 is 1.95. The minimum Gasteiger partial charge on any atom is -0.382 e. The lowest BCUT2D eigenvalue weighted by Gasteiger charge is -2.38. The Morgan fingerprint density at radius 3 is 3.06 bits per heavy atom. The predicted molar refractivity (Wildman–Crippen MR) is 72.6 cm³/mol. The van der Waals surface area contributed by atoms with Gasteiger partial charge < -0.3 is 15.0 Å². The average molecular weight is 245 g/mol. The van der Waals surface area contributed by atoms with Gasteiger partial charge in [0.2, 0.25) is 0 Å². The zero-order valence-electron chi connectivity index (χ0n) is 10.9. The Morgan fingerprint density at radius 1 is 1.39 bits per heavy atom. The van der Waals surface area contributed by atoms with E-state index in [4.69, 9.17) is 5.73 Å². The molecule has 1 aliphatic rings. The number of nitrogens with two attached hydrogens (primary N) is 1. The van der Waals surface area contributed by atoms with Crippen molar-refractivity contribution in [3.8, 4) is 0 Å².